The third-order valence-electron chi connectivity index (χ3n) is 2.73. The average molecular weight is 263 g/mol. The first-order valence-electron chi connectivity index (χ1n) is 5.88. The molecule has 0 bridgehead atoms. The van der Waals surface area contributed by atoms with E-state index in [-0.39, 0.29) is 0 Å². The molecule has 4 nitrogen and oxygen atoms in total. The van der Waals surface area contributed by atoms with Crippen LogP contribution in [0.2, 0.25) is 0 Å². The Morgan fingerprint density at radius 3 is 2.78 bits per heavy atom. The molecule has 1 unspecified atom stereocenters. The third-order valence-corrected chi connectivity index (χ3v) is 4.15. The highest BCUT2D eigenvalue weighted by atomic mass is 32.2. The second-order valence-corrected chi connectivity index (χ2v) is 5.54. The molecule has 0 aliphatic heterocycles. The Kier molecular flexibility index (Phi) is 3.81. The number of nitrogens with two attached hydrogens (primary N) is 1. The van der Waals surface area contributed by atoms with Crippen LogP contribution in [-0.2, 0) is 23.1 Å². The van der Waals surface area contributed by atoms with Gasteiger partial charge in [-0.3, -0.25) is 8.89 Å². The highest BCUT2D eigenvalue weighted by molar-refractivity contribution is 7.84. The van der Waals surface area contributed by atoms with E-state index in [1.165, 1.54) is 0 Å². The molecule has 2 N–H and O–H groups in total. The first kappa shape index (κ1) is 12.8. The number of hydrogen-bond donors (Lipinski definition) is 1. The van der Waals surface area contributed by atoms with Crippen LogP contribution in [0.5, 0.6) is 0 Å². The molecule has 0 saturated carbocycles. The fourth-order valence-electron chi connectivity index (χ4n) is 1.89. The maximum atomic E-state index is 12.3. The Hall–Kier alpha value is -1.62. The van der Waals surface area contributed by atoms with Crippen molar-refractivity contribution >= 4 is 16.5 Å². The van der Waals surface area contributed by atoms with Gasteiger partial charge in [-0.05, 0) is 32.0 Å². The number of anilines is 1. The van der Waals surface area contributed by atoms with Gasteiger partial charge in [-0.2, -0.15) is 5.10 Å². The van der Waals surface area contributed by atoms with Crippen molar-refractivity contribution in [3.63, 3.8) is 0 Å². The van der Waals surface area contributed by atoms with E-state index in [2.05, 4.69) is 5.10 Å². The molecule has 96 valence electrons. The summed E-state index contributed by atoms with van der Waals surface area (Å²) in [5, 5.41) is 4.35. The highest BCUT2D eigenvalue weighted by Crippen LogP contribution is 2.19. The van der Waals surface area contributed by atoms with Gasteiger partial charge in [0.05, 0.1) is 32.8 Å². The summed E-state index contributed by atoms with van der Waals surface area (Å²) in [6.45, 7) is 4.75. The van der Waals surface area contributed by atoms with Gasteiger partial charge in [0.1, 0.15) is 0 Å². The molecular formula is C13H17N3OS. The first-order valence-corrected chi connectivity index (χ1v) is 7.20. The Balaban J connectivity index is 2.24. The largest absolute Gasteiger partial charge is 0.398 e. The van der Waals surface area contributed by atoms with Crippen LogP contribution < -0.4 is 5.73 Å². The molecule has 1 atom stereocenters. The molecule has 0 spiro atoms. The Bertz CT molecular complexity index is 577. The van der Waals surface area contributed by atoms with Gasteiger partial charge >= 0.3 is 0 Å². The number of rotatable bonds is 4. The maximum absolute atomic E-state index is 12.3. The summed E-state index contributed by atoms with van der Waals surface area (Å²) >= 11 is 0. The minimum atomic E-state index is -1.13. The van der Waals surface area contributed by atoms with Crippen molar-refractivity contribution in [2.75, 3.05) is 5.73 Å². The molecular weight excluding hydrogens is 246 g/mol. The number of aromatic nitrogens is 2. The van der Waals surface area contributed by atoms with Crippen molar-refractivity contribution in [3.05, 3.63) is 41.7 Å². The van der Waals surface area contributed by atoms with Crippen molar-refractivity contribution in [3.8, 4) is 0 Å². The molecule has 2 rings (SSSR count). The van der Waals surface area contributed by atoms with Gasteiger partial charge in [0.2, 0.25) is 0 Å². The normalized spacial score (nSPS) is 12.6. The van der Waals surface area contributed by atoms with Crippen LogP contribution in [0, 0.1) is 6.92 Å². The minimum Gasteiger partial charge on any atom is -0.398 e. The van der Waals surface area contributed by atoms with Gasteiger partial charge in [-0.25, -0.2) is 0 Å². The SMILES string of the molecule is CCn1nc(C)cc1CS(=O)c1ccccc1N. The van der Waals surface area contributed by atoms with Gasteiger partial charge in [0.15, 0.2) is 0 Å². The molecule has 1 heterocycles. The van der Waals surface area contributed by atoms with E-state index in [0.717, 1.165) is 17.9 Å². The van der Waals surface area contributed by atoms with Crippen molar-refractivity contribution in [2.45, 2.75) is 31.0 Å². The predicted octanol–water partition coefficient (Wildman–Crippen LogP) is 2.10. The lowest BCUT2D eigenvalue weighted by atomic mass is 10.3. The van der Waals surface area contributed by atoms with Crippen LogP contribution in [-0.4, -0.2) is 14.0 Å². The summed E-state index contributed by atoms with van der Waals surface area (Å²) < 4.78 is 14.2. The smallest absolute Gasteiger partial charge is 0.0703 e. The molecule has 0 radical (unpaired) electrons. The fourth-order valence-corrected chi connectivity index (χ4v) is 3.11. The highest BCUT2D eigenvalue weighted by Gasteiger charge is 2.12. The van der Waals surface area contributed by atoms with Crippen LogP contribution in [0.25, 0.3) is 0 Å². The number of aryl methyl sites for hydroxylation is 2. The quantitative estimate of drug-likeness (QED) is 0.859. The number of nitrogen functional groups attached to an aromatic ring is 1. The Morgan fingerprint density at radius 2 is 2.11 bits per heavy atom. The fraction of sp³-hybridized carbons (Fsp3) is 0.308. The lowest BCUT2D eigenvalue weighted by molar-refractivity contribution is 0.627. The minimum absolute atomic E-state index is 0.447. The van der Waals surface area contributed by atoms with Gasteiger partial charge in [-0.15, -0.1) is 0 Å². The number of nitrogens with zero attached hydrogens (tertiary/aromatic N) is 2. The second-order valence-electron chi connectivity index (χ2n) is 4.12. The predicted molar refractivity (Wildman–Crippen MR) is 73.6 cm³/mol. The van der Waals surface area contributed by atoms with Crippen molar-refractivity contribution in [2.24, 2.45) is 0 Å². The molecule has 18 heavy (non-hydrogen) atoms. The van der Waals surface area contributed by atoms with Crippen LogP contribution in [0.3, 0.4) is 0 Å². The van der Waals surface area contributed by atoms with Gasteiger partial charge in [-0.1, -0.05) is 12.1 Å². The average Bonchev–Trinajstić information content (AvgIpc) is 2.70. The molecule has 0 amide bonds. The van der Waals surface area contributed by atoms with E-state index in [0.29, 0.717) is 16.3 Å². The molecule has 0 fully saturated rings. The van der Waals surface area contributed by atoms with E-state index in [4.69, 9.17) is 5.73 Å². The Morgan fingerprint density at radius 1 is 1.39 bits per heavy atom. The monoisotopic (exact) mass is 263 g/mol. The van der Waals surface area contributed by atoms with E-state index in [9.17, 15) is 4.21 Å². The van der Waals surface area contributed by atoms with E-state index >= 15 is 0 Å². The summed E-state index contributed by atoms with van der Waals surface area (Å²) in [5.74, 6) is 0.447. The van der Waals surface area contributed by atoms with Crippen molar-refractivity contribution in [1.82, 2.24) is 9.78 Å². The summed E-state index contributed by atoms with van der Waals surface area (Å²) in [6, 6.07) is 9.25. The zero-order valence-electron chi connectivity index (χ0n) is 10.6. The summed E-state index contributed by atoms with van der Waals surface area (Å²) in [7, 11) is -1.13. The van der Waals surface area contributed by atoms with Crippen LogP contribution in [0.4, 0.5) is 5.69 Å². The van der Waals surface area contributed by atoms with E-state index < -0.39 is 10.8 Å². The van der Waals surface area contributed by atoms with Crippen LogP contribution in [0.15, 0.2) is 35.2 Å². The number of benzene rings is 1. The molecule has 0 saturated heterocycles. The zero-order valence-corrected chi connectivity index (χ0v) is 11.4. The topological polar surface area (TPSA) is 60.9 Å². The molecule has 2 aromatic rings. The van der Waals surface area contributed by atoms with Gasteiger partial charge in [0.25, 0.3) is 0 Å². The lowest BCUT2D eigenvalue weighted by Gasteiger charge is -2.06. The first-order chi connectivity index (χ1) is 8.61. The lowest BCUT2D eigenvalue weighted by Crippen LogP contribution is -2.07. The summed E-state index contributed by atoms with van der Waals surface area (Å²) in [5.41, 5.74) is 8.35. The van der Waals surface area contributed by atoms with E-state index in [1.54, 1.807) is 6.07 Å². The molecule has 0 aliphatic carbocycles. The molecule has 1 aromatic carbocycles. The molecule has 5 heteroatoms. The molecule has 1 aromatic heterocycles. The standard InChI is InChI=1S/C13H17N3OS/c1-3-16-11(8-10(2)15-16)9-18(17)13-7-5-4-6-12(13)14/h4-8H,3,9,14H2,1-2H3. The third kappa shape index (κ3) is 2.61. The summed E-state index contributed by atoms with van der Waals surface area (Å²) in [4.78, 5) is 0.694. The summed E-state index contributed by atoms with van der Waals surface area (Å²) in [6.07, 6.45) is 0. The number of hydrogen-bond acceptors (Lipinski definition) is 3. The number of para-hydroxylation sites is 1. The van der Waals surface area contributed by atoms with Crippen LogP contribution in [0.1, 0.15) is 18.3 Å². The van der Waals surface area contributed by atoms with Crippen LogP contribution >= 0.6 is 0 Å². The van der Waals surface area contributed by atoms with Gasteiger partial charge in [0, 0.05) is 12.2 Å². The molecule has 0 aliphatic rings. The Labute approximate surface area is 109 Å². The van der Waals surface area contributed by atoms with Crippen molar-refractivity contribution in [1.29, 1.82) is 0 Å². The van der Waals surface area contributed by atoms with Crippen molar-refractivity contribution < 1.29 is 4.21 Å². The van der Waals surface area contributed by atoms with E-state index in [1.807, 2.05) is 42.8 Å². The maximum Gasteiger partial charge on any atom is 0.0703 e. The zero-order chi connectivity index (χ0) is 13.1. The second kappa shape index (κ2) is 5.35. The van der Waals surface area contributed by atoms with Gasteiger partial charge < -0.3 is 5.73 Å².